The summed E-state index contributed by atoms with van der Waals surface area (Å²) in [4.78, 5) is 10.8. The van der Waals surface area contributed by atoms with Crippen LogP contribution < -0.4 is 4.90 Å². The topological polar surface area (TPSA) is 47.5 Å². The predicted molar refractivity (Wildman–Crippen MR) is 83.8 cm³/mol. The molecule has 1 aliphatic carbocycles. The molecule has 1 aromatic heterocycles. The number of fused-ring (bicyclic) bond motifs is 1. The van der Waals surface area contributed by atoms with Crippen LogP contribution >= 0.6 is 0 Å². The first-order chi connectivity index (χ1) is 10.9. The second kappa shape index (κ2) is 6.50. The third kappa shape index (κ3) is 2.84. The molecule has 3 heterocycles. The summed E-state index contributed by atoms with van der Waals surface area (Å²) >= 11 is 0. The molecule has 0 bridgehead atoms. The molecule has 3 atom stereocenters. The van der Waals surface area contributed by atoms with Gasteiger partial charge in [-0.2, -0.15) is 0 Å². The van der Waals surface area contributed by atoms with E-state index in [4.69, 9.17) is 9.47 Å². The van der Waals surface area contributed by atoms with Gasteiger partial charge < -0.3 is 14.4 Å². The minimum atomic E-state index is 0.181. The molecule has 0 amide bonds. The van der Waals surface area contributed by atoms with Crippen LogP contribution in [0.4, 0.5) is 5.82 Å². The molecule has 5 heteroatoms. The first-order valence-electron chi connectivity index (χ1n) is 8.67. The quantitative estimate of drug-likeness (QED) is 0.855. The molecule has 3 aliphatic rings. The van der Waals surface area contributed by atoms with Crippen molar-refractivity contribution in [3.05, 3.63) is 18.6 Å². The number of ether oxygens (including phenoxy) is 2. The number of nitrogens with zero attached hydrogens (tertiary/aromatic N) is 3. The van der Waals surface area contributed by atoms with E-state index < -0.39 is 0 Å². The van der Waals surface area contributed by atoms with Gasteiger partial charge in [-0.3, -0.25) is 0 Å². The molecule has 5 nitrogen and oxygen atoms in total. The van der Waals surface area contributed by atoms with Crippen molar-refractivity contribution in [1.29, 1.82) is 0 Å². The van der Waals surface area contributed by atoms with Crippen molar-refractivity contribution in [3.63, 3.8) is 0 Å². The summed E-state index contributed by atoms with van der Waals surface area (Å²) < 4.78 is 12.4. The lowest BCUT2D eigenvalue weighted by molar-refractivity contribution is -0.0797. The van der Waals surface area contributed by atoms with Gasteiger partial charge in [-0.1, -0.05) is 12.8 Å². The zero-order valence-electron chi connectivity index (χ0n) is 13.1. The van der Waals surface area contributed by atoms with E-state index in [0.717, 1.165) is 44.3 Å². The van der Waals surface area contributed by atoms with Gasteiger partial charge in [0.1, 0.15) is 24.4 Å². The van der Waals surface area contributed by atoms with Crippen LogP contribution in [0, 0.1) is 5.92 Å². The maximum atomic E-state index is 6.30. The summed E-state index contributed by atoms with van der Waals surface area (Å²) in [5.74, 6) is 1.76. The van der Waals surface area contributed by atoms with Crippen LogP contribution in [-0.2, 0) is 9.47 Å². The van der Waals surface area contributed by atoms with Crippen molar-refractivity contribution in [1.82, 2.24) is 9.97 Å². The molecule has 1 aromatic rings. The van der Waals surface area contributed by atoms with Crippen LogP contribution in [0.3, 0.4) is 0 Å². The van der Waals surface area contributed by atoms with E-state index in [2.05, 4.69) is 14.9 Å². The first kappa shape index (κ1) is 14.4. The van der Waals surface area contributed by atoms with Crippen LogP contribution in [-0.4, -0.2) is 48.0 Å². The zero-order valence-corrected chi connectivity index (χ0v) is 13.1. The Morgan fingerprint density at radius 2 is 2.14 bits per heavy atom. The normalized spacial score (nSPS) is 32.4. The number of anilines is 1. The van der Waals surface area contributed by atoms with E-state index in [9.17, 15) is 0 Å². The SMILES string of the molecule is c1cc(N2C[C@@H](OCC3CCCC3)[C@@H]3OCCC[C@@H]32)ncn1. The van der Waals surface area contributed by atoms with E-state index in [1.807, 2.05) is 12.3 Å². The average Bonchev–Trinajstić information content (AvgIpc) is 3.22. The summed E-state index contributed by atoms with van der Waals surface area (Å²) in [7, 11) is 0. The summed E-state index contributed by atoms with van der Waals surface area (Å²) in [6.07, 6.45) is 11.5. The Labute approximate surface area is 132 Å². The Bertz CT molecular complexity index is 478. The summed E-state index contributed by atoms with van der Waals surface area (Å²) in [6.45, 7) is 2.65. The Hall–Kier alpha value is -1.20. The number of hydrogen-bond acceptors (Lipinski definition) is 5. The van der Waals surface area contributed by atoms with Crippen LogP contribution in [0.25, 0.3) is 0 Å². The van der Waals surface area contributed by atoms with Crippen molar-refractivity contribution < 1.29 is 9.47 Å². The minimum Gasteiger partial charge on any atom is -0.373 e. The molecule has 2 aliphatic heterocycles. The van der Waals surface area contributed by atoms with Crippen molar-refractivity contribution in [2.75, 3.05) is 24.7 Å². The van der Waals surface area contributed by atoms with Gasteiger partial charge in [0.05, 0.1) is 6.04 Å². The molecule has 0 radical (unpaired) electrons. The van der Waals surface area contributed by atoms with Gasteiger partial charge in [0, 0.05) is 26.0 Å². The highest BCUT2D eigenvalue weighted by molar-refractivity contribution is 5.41. The minimum absolute atomic E-state index is 0.181. The Kier molecular flexibility index (Phi) is 4.26. The monoisotopic (exact) mass is 303 g/mol. The lowest BCUT2D eigenvalue weighted by Crippen LogP contribution is -2.42. The molecular weight excluding hydrogens is 278 g/mol. The predicted octanol–water partition coefficient (Wildman–Crippen LogP) is 2.42. The van der Waals surface area contributed by atoms with Crippen LogP contribution in [0.15, 0.2) is 18.6 Å². The maximum absolute atomic E-state index is 6.30. The smallest absolute Gasteiger partial charge is 0.132 e. The van der Waals surface area contributed by atoms with E-state index >= 15 is 0 Å². The zero-order chi connectivity index (χ0) is 14.8. The average molecular weight is 303 g/mol. The highest BCUT2D eigenvalue weighted by Gasteiger charge is 2.45. The second-order valence-electron chi connectivity index (χ2n) is 6.79. The molecule has 0 unspecified atom stereocenters. The van der Waals surface area contributed by atoms with Gasteiger partial charge in [-0.15, -0.1) is 0 Å². The van der Waals surface area contributed by atoms with E-state index in [-0.39, 0.29) is 12.2 Å². The lowest BCUT2D eigenvalue weighted by Gasteiger charge is -2.32. The first-order valence-corrected chi connectivity index (χ1v) is 8.67. The lowest BCUT2D eigenvalue weighted by atomic mass is 10.0. The van der Waals surface area contributed by atoms with Crippen LogP contribution in [0.2, 0.25) is 0 Å². The summed E-state index contributed by atoms with van der Waals surface area (Å²) in [6, 6.07) is 2.39. The molecule has 0 spiro atoms. The van der Waals surface area contributed by atoms with Gasteiger partial charge in [0.25, 0.3) is 0 Å². The Morgan fingerprint density at radius 3 is 2.95 bits per heavy atom. The highest BCUT2D eigenvalue weighted by atomic mass is 16.5. The van der Waals surface area contributed by atoms with Gasteiger partial charge in [-0.05, 0) is 37.7 Å². The van der Waals surface area contributed by atoms with E-state index in [0.29, 0.717) is 6.04 Å². The Balaban J connectivity index is 1.45. The van der Waals surface area contributed by atoms with Crippen molar-refractivity contribution >= 4 is 5.82 Å². The van der Waals surface area contributed by atoms with Crippen molar-refractivity contribution in [3.8, 4) is 0 Å². The highest BCUT2D eigenvalue weighted by Crippen LogP contribution is 2.34. The second-order valence-corrected chi connectivity index (χ2v) is 6.79. The molecule has 3 fully saturated rings. The standard InChI is InChI=1S/C17H25N3O2/c1-2-5-13(4-1)11-22-15-10-20(16-7-8-18-12-19-16)14-6-3-9-21-17(14)15/h7-8,12-15,17H,1-6,9-11H2/t14-,15+,17+/m0/s1. The molecule has 0 N–H and O–H groups in total. The Morgan fingerprint density at radius 1 is 1.23 bits per heavy atom. The van der Waals surface area contributed by atoms with Gasteiger partial charge in [-0.25, -0.2) is 9.97 Å². The number of aromatic nitrogens is 2. The van der Waals surface area contributed by atoms with Gasteiger partial charge in [0.15, 0.2) is 0 Å². The fourth-order valence-electron chi connectivity index (χ4n) is 4.21. The maximum Gasteiger partial charge on any atom is 0.132 e. The third-order valence-corrected chi connectivity index (χ3v) is 5.36. The molecule has 120 valence electrons. The fourth-order valence-corrected chi connectivity index (χ4v) is 4.21. The number of rotatable bonds is 4. The van der Waals surface area contributed by atoms with Crippen LogP contribution in [0.5, 0.6) is 0 Å². The van der Waals surface area contributed by atoms with Gasteiger partial charge >= 0.3 is 0 Å². The summed E-state index contributed by atoms with van der Waals surface area (Å²) in [5, 5.41) is 0. The molecule has 1 saturated carbocycles. The number of hydrogen-bond donors (Lipinski definition) is 0. The van der Waals surface area contributed by atoms with Gasteiger partial charge in [0.2, 0.25) is 0 Å². The molecule has 2 saturated heterocycles. The molecule has 22 heavy (non-hydrogen) atoms. The molecular formula is C17H25N3O2. The largest absolute Gasteiger partial charge is 0.373 e. The molecule has 0 aromatic carbocycles. The van der Waals surface area contributed by atoms with E-state index in [1.165, 1.54) is 25.7 Å². The van der Waals surface area contributed by atoms with E-state index in [1.54, 1.807) is 6.33 Å². The van der Waals surface area contributed by atoms with Crippen molar-refractivity contribution in [2.45, 2.75) is 56.8 Å². The van der Waals surface area contributed by atoms with Crippen LogP contribution in [0.1, 0.15) is 38.5 Å². The van der Waals surface area contributed by atoms with Crippen molar-refractivity contribution in [2.24, 2.45) is 5.92 Å². The summed E-state index contributed by atoms with van der Waals surface area (Å²) in [5.41, 5.74) is 0. The third-order valence-electron chi connectivity index (χ3n) is 5.36. The molecule has 4 rings (SSSR count). The fraction of sp³-hybridized carbons (Fsp3) is 0.765.